The first kappa shape index (κ1) is 22.8. The van der Waals surface area contributed by atoms with Crippen LogP contribution in [0.25, 0.3) is 11.0 Å². The number of hydrogen-bond acceptors (Lipinski definition) is 5. The lowest BCUT2D eigenvalue weighted by Gasteiger charge is -2.29. The van der Waals surface area contributed by atoms with Crippen LogP contribution in [0.4, 0.5) is 5.69 Å². The van der Waals surface area contributed by atoms with Gasteiger partial charge in [0.1, 0.15) is 0 Å². The van der Waals surface area contributed by atoms with Crippen molar-refractivity contribution in [2.45, 2.75) is 65.1 Å². The Morgan fingerprint density at radius 2 is 1.85 bits per heavy atom. The molecule has 2 amide bonds. The van der Waals surface area contributed by atoms with Crippen LogP contribution in [0.5, 0.6) is 0 Å². The fourth-order valence-electron chi connectivity index (χ4n) is 4.53. The number of nitrogens with two attached hydrogens (primary N) is 1. The highest BCUT2D eigenvalue weighted by atomic mass is 16.2. The number of anilines is 1. The lowest BCUT2D eigenvalue weighted by molar-refractivity contribution is -0.122. The smallest absolute Gasteiger partial charge is 0.255 e. The Labute approximate surface area is 193 Å². The summed E-state index contributed by atoms with van der Waals surface area (Å²) in [5.41, 5.74) is 9.70. The fraction of sp³-hybridized carbons (Fsp3) is 0.440. The first-order valence-corrected chi connectivity index (χ1v) is 11.6. The number of nitrogens with one attached hydrogen (secondary N) is 2. The summed E-state index contributed by atoms with van der Waals surface area (Å²) in [6.45, 7) is 6.72. The van der Waals surface area contributed by atoms with Gasteiger partial charge in [-0.25, -0.2) is 9.67 Å². The minimum Gasteiger partial charge on any atom is -0.381 e. The minimum absolute atomic E-state index is 0.0681. The second kappa shape index (κ2) is 9.60. The van der Waals surface area contributed by atoms with Crippen LogP contribution >= 0.6 is 0 Å². The molecule has 2 aromatic heterocycles. The molecule has 1 atom stereocenters. The van der Waals surface area contributed by atoms with E-state index in [1.807, 2.05) is 49.7 Å². The number of benzene rings is 1. The number of aromatic nitrogens is 3. The highest BCUT2D eigenvalue weighted by molar-refractivity contribution is 6.06. The molecule has 1 saturated carbocycles. The van der Waals surface area contributed by atoms with Crippen LogP contribution in [0.2, 0.25) is 0 Å². The van der Waals surface area contributed by atoms with Crippen LogP contribution in [0.3, 0.4) is 0 Å². The Morgan fingerprint density at radius 3 is 2.48 bits per heavy atom. The van der Waals surface area contributed by atoms with E-state index >= 15 is 0 Å². The Balaban J connectivity index is 1.61. The van der Waals surface area contributed by atoms with Gasteiger partial charge in [0.05, 0.1) is 28.9 Å². The number of primary amides is 1. The van der Waals surface area contributed by atoms with E-state index in [0.717, 1.165) is 48.0 Å². The summed E-state index contributed by atoms with van der Waals surface area (Å²) in [6.07, 6.45) is 6.54. The zero-order valence-corrected chi connectivity index (χ0v) is 19.5. The van der Waals surface area contributed by atoms with Crippen molar-refractivity contribution in [2.24, 2.45) is 11.7 Å². The first-order chi connectivity index (χ1) is 15.9. The van der Waals surface area contributed by atoms with Gasteiger partial charge in [-0.15, -0.1) is 0 Å². The van der Waals surface area contributed by atoms with E-state index in [1.54, 1.807) is 12.4 Å². The summed E-state index contributed by atoms with van der Waals surface area (Å²) in [5, 5.41) is 12.0. The molecule has 1 aliphatic carbocycles. The third kappa shape index (κ3) is 4.84. The van der Waals surface area contributed by atoms with Crippen molar-refractivity contribution in [3.8, 4) is 0 Å². The molecule has 0 radical (unpaired) electrons. The van der Waals surface area contributed by atoms with Crippen molar-refractivity contribution in [3.05, 3.63) is 53.3 Å². The molecular weight excluding hydrogens is 416 g/mol. The van der Waals surface area contributed by atoms with Crippen LogP contribution in [-0.4, -0.2) is 32.6 Å². The Morgan fingerprint density at radius 1 is 1.15 bits per heavy atom. The molecule has 33 heavy (non-hydrogen) atoms. The molecule has 4 rings (SSSR count). The van der Waals surface area contributed by atoms with Gasteiger partial charge in [-0.05, 0) is 52.0 Å². The molecule has 0 aliphatic heterocycles. The maximum Gasteiger partial charge on any atom is 0.255 e. The molecule has 1 aliphatic rings. The van der Waals surface area contributed by atoms with Crippen LogP contribution in [0.15, 0.2) is 36.7 Å². The van der Waals surface area contributed by atoms with Gasteiger partial charge in [0.15, 0.2) is 5.65 Å². The largest absolute Gasteiger partial charge is 0.381 e. The van der Waals surface area contributed by atoms with E-state index in [9.17, 15) is 9.59 Å². The molecule has 0 spiro atoms. The van der Waals surface area contributed by atoms with Gasteiger partial charge < -0.3 is 16.4 Å². The number of nitrogens with zero attached hydrogens (tertiary/aromatic N) is 3. The maximum absolute atomic E-state index is 13.3. The van der Waals surface area contributed by atoms with Crippen molar-refractivity contribution in [1.82, 2.24) is 20.1 Å². The van der Waals surface area contributed by atoms with Gasteiger partial charge in [0, 0.05) is 24.7 Å². The van der Waals surface area contributed by atoms with Crippen LogP contribution < -0.4 is 16.4 Å². The molecule has 4 N–H and O–H groups in total. The monoisotopic (exact) mass is 448 g/mol. The van der Waals surface area contributed by atoms with E-state index in [1.165, 1.54) is 5.56 Å². The molecule has 0 bridgehead atoms. The summed E-state index contributed by atoms with van der Waals surface area (Å²) >= 11 is 0. The number of pyridine rings is 1. The Kier molecular flexibility index (Phi) is 6.62. The third-order valence-corrected chi connectivity index (χ3v) is 6.61. The Hall–Kier alpha value is -3.42. The Bertz CT molecular complexity index is 1150. The molecule has 8 nitrogen and oxygen atoms in total. The van der Waals surface area contributed by atoms with Crippen molar-refractivity contribution in [2.75, 3.05) is 5.32 Å². The number of carbonyl (C=O) groups is 2. The molecular formula is C25H32N6O2. The SMILES string of the molecule is CCn1ncc2c(NC3CCC(C(N)=O)CC3)c(C(=O)NC(C)c3ccc(C)cc3)cnc21. The third-order valence-electron chi connectivity index (χ3n) is 6.61. The summed E-state index contributed by atoms with van der Waals surface area (Å²) < 4.78 is 1.82. The number of rotatable bonds is 7. The van der Waals surface area contributed by atoms with Crippen molar-refractivity contribution < 1.29 is 9.59 Å². The van der Waals surface area contributed by atoms with Gasteiger partial charge in [0.25, 0.3) is 5.91 Å². The standard InChI is InChI=1S/C25H32N6O2/c1-4-31-24-20(14-28-31)22(30-19-11-9-18(10-12-19)23(26)32)21(13-27-24)25(33)29-16(3)17-7-5-15(2)6-8-17/h5-8,13-14,16,18-19H,4,9-12H2,1-3H3,(H2,26,32)(H,27,30)(H,29,33). The lowest BCUT2D eigenvalue weighted by atomic mass is 9.85. The summed E-state index contributed by atoms with van der Waals surface area (Å²) in [5.74, 6) is -0.481. The zero-order chi connectivity index (χ0) is 23.5. The van der Waals surface area contributed by atoms with Crippen LogP contribution in [-0.2, 0) is 11.3 Å². The average molecular weight is 449 g/mol. The number of amides is 2. The predicted molar refractivity (Wildman–Crippen MR) is 129 cm³/mol. The molecule has 1 fully saturated rings. The van der Waals surface area contributed by atoms with Gasteiger partial charge in [0.2, 0.25) is 5.91 Å². The van der Waals surface area contributed by atoms with Gasteiger partial charge >= 0.3 is 0 Å². The van der Waals surface area contributed by atoms with E-state index in [2.05, 4.69) is 20.7 Å². The molecule has 3 aromatic rings. The highest BCUT2D eigenvalue weighted by Crippen LogP contribution is 2.32. The van der Waals surface area contributed by atoms with Crippen LogP contribution in [0.1, 0.15) is 67.1 Å². The normalized spacial score (nSPS) is 19.2. The van der Waals surface area contributed by atoms with E-state index in [-0.39, 0.29) is 29.8 Å². The second-order valence-electron chi connectivity index (χ2n) is 8.95. The van der Waals surface area contributed by atoms with Gasteiger partial charge in [-0.2, -0.15) is 5.10 Å². The molecule has 1 unspecified atom stereocenters. The molecule has 1 aromatic carbocycles. The summed E-state index contributed by atoms with van der Waals surface area (Å²) in [7, 11) is 0. The number of carbonyl (C=O) groups excluding carboxylic acids is 2. The highest BCUT2D eigenvalue weighted by Gasteiger charge is 2.27. The zero-order valence-electron chi connectivity index (χ0n) is 19.5. The second-order valence-corrected chi connectivity index (χ2v) is 8.95. The summed E-state index contributed by atoms with van der Waals surface area (Å²) in [6, 6.07) is 8.15. The number of fused-ring (bicyclic) bond motifs is 1. The van der Waals surface area contributed by atoms with Crippen molar-refractivity contribution >= 4 is 28.5 Å². The molecule has 174 valence electrons. The predicted octanol–water partition coefficient (Wildman–Crippen LogP) is 3.71. The van der Waals surface area contributed by atoms with Crippen molar-refractivity contribution in [3.63, 3.8) is 0 Å². The minimum atomic E-state index is -0.228. The first-order valence-electron chi connectivity index (χ1n) is 11.6. The summed E-state index contributed by atoms with van der Waals surface area (Å²) in [4.78, 5) is 29.4. The fourth-order valence-corrected chi connectivity index (χ4v) is 4.53. The number of aryl methyl sites for hydroxylation is 2. The lowest BCUT2D eigenvalue weighted by Crippen LogP contribution is -2.33. The molecule has 8 heteroatoms. The molecule has 2 heterocycles. The van der Waals surface area contributed by atoms with Gasteiger partial charge in [-0.1, -0.05) is 29.8 Å². The van der Waals surface area contributed by atoms with Gasteiger partial charge in [-0.3, -0.25) is 9.59 Å². The van der Waals surface area contributed by atoms with E-state index in [0.29, 0.717) is 12.1 Å². The maximum atomic E-state index is 13.3. The van der Waals surface area contributed by atoms with Crippen molar-refractivity contribution in [1.29, 1.82) is 0 Å². The number of hydrogen-bond donors (Lipinski definition) is 3. The topological polar surface area (TPSA) is 115 Å². The van der Waals surface area contributed by atoms with Crippen LogP contribution in [0, 0.1) is 12.8 Å². The van der Waals surface area contributed by atoms with E-state index < -0.39 is 0 Å². The van der Waals surface area contributed by atoms with E-state index in [4.69, 9.17) is 5.73 Å². The quantitative estimate of drug-likeness (QED) is 0.510. The molecule has 0 saturated heterocycles. The average Bonchev–Trinajstić information content (AvgIpc) is 3.23.